The van der Waals surface area contributed by atoms with Gasteiger partial charge in [-0.3, -0.25) is 4.79 Å². The van der Waals surface area contributed by atoms with Crippen LogP contribution in [0.1, 0.15) is 42.0 Å². The van der Waals surface area contributed by atoms with Crippen LogP contribution >= 0.6 is 11.8 Å². The SMILES string of the molecule is Cc1ccccc1CSCC(=O)N/N=C\c1ccc(C(C)C)cc1. The molecule has 3 nitrogen and oxygen atoms in total. The number of carbonyl (C=O) groups excluding carboxylic acids is 1. The molecule has 0 aliphatic rings. The highest BCUT2D eigenvalue weighted by molar-refractivity contribution is 7.99. The van der Waals surface area contributed by atoms with Crippen molar-refractivity contribution in [1.29, 1.82) is 0 Å². The number of carbonyl (C=O) groups is 1. The van der Waals surface area contributed by atoms with Crippen LogP contribution in [0.5, 0.6) is 0 Å². The van der Waals surface area contributed by atoms with E-state index in [0.717, 1.165) is 11.3 Å². The van der Waals surface area contributed by atoms with E-state index in [2.05, 4.69) is 55.6 Å². The highest BCUT2D eigenvalue weighted by Crippen LogP contribution is 2.15. The van der Waals surface area contributed by atoms with Crippen LogP contribution in [-0.2, 0) is 10.5 Å². The van der Waals surface area contributed by atoms with Crippen LogP contribution in [0.25, 0.3) is 0 Å². The maximum atomic E-state index is 11.8. The minimum atomic E-state index is -0.0800. The Morgan fingerprint density at radius 3 is 2.54 bits per heavy atom. The molecule has 24 heavy (non-hydrogen) atoms. The molecule has 1 amide bonds. The predicted molar refractivity (Wildman–Crippen MR) is 104 cm³/mol. The monoisotopic (exact) mass is 340 g/mol. The number of benzene rings is 2. The Bertz CT molecular complexity index is 693. The number of rotatable bonds is 7. The molecule has 0 spiro atoms. The number of nitrogens with zero attached hydrogens (tertiary/aromatic N) is 1. The highest BCUT2D eigenvalue weighted by atomic mass is 32.2. The van der Waals surface area contributed by atoms with Gasteiger partial charge in [0.15, 0.2) is 0 Å². The van der Waals surface area contributed by atoms with E-state index in [1.807, 2.05) is 24.3 Å². The molecule has 0 radical (unpaired) electrons. The van der Waals surface area contributed by atoms with Gasteiger partial charge in [0.2, 0.25) is 5.91 Å². The summed E-state index contributed by atoms with van der Waals surface area (Å²) >= 11 is 1.59. The molecule has 0 atom stereocenters. The summed E-state index contributed by atoms with van der Waals surface area (Å²) < 4.78 is 0. The summed E-state index contributed by atoms with van der Waals surface area (Å²) in [6, 6.07) is 16.4. The molecular weight excluding hydrogens is 316 g/mol. The van der Waals surface area contributed by atoms with Crippen molar-refractivity contribution >= 4 is 23.9 Å². The second kappa shape index (κ2) is 9.28. The summed E-state index contributed by atoms with van der Waals surface area (Å²) in [5.41, 5.74) is 7.38. The third kappa shape index (κ3) is 5.85. The molecule has 0 aliphatic heterocycles. The van der Waals surface area contributed by atoms with Crippen molar-refractivity contribution in [1.82, 2.24) is 5.43 Å². The number of nitrogens with one attached hydrogen (secondary N) is 1. The molecule has 2 aromatic rings. The number of amides is 1. The lowest BCUT2D eigenvalue weighted by atomic mass is 10.0. The van der Waals surface area contributed by atoms with Crippen molar-refractivity contribution in [2.45, 2.75) is 32.4 Å². The molecule has 0 bridgehead atoms. The van der Waals surface area contributed by atoms with Crippen molar-refractivity contribution in [2.75, 3.05) is 5.75 Å². The molecule has 0 heterocycles. The van der Waals surface area contributed by atoms with Gasteiger partial charge in [0.05, 0.1) is 12.0 Å². The van der Waals surface area contributed by atoms with E-state index in [-0.39, 0.29) is 5.91 Å². The summed E-state index contributed by atoms with van der Waals surface area (Å²) in [4.78, 5) is 11.8. The molecule has 0 saturated carbocycles. The number of aryl methyl sites for hydroxylation is 1. The topological polar surface area (TPSA) is 41.5 Å². The fourth-order valence-electron chi connectivity index (χ4n) is 2.20. The quantitative estimate of drug-likeness (QED) is 0.595. The molecule has 0 saturated heterocycles. The normalized spacial score (nSPS) is 11.2. The molecule has 4 heteroatoms. The van der Waals surface area contributed by atoms with Gasteiger partial charge in [0, 0.05) is 5.75 Å². The largest absolute Gasteiger partial charge is 0.272 e. The van der Waals surface area contributed by atoms with Crippen LogP contribution in [0.3, 0.4) is 0 Å². The van der Waals surface area contributed by atoms with Gasteiger partial charge in [-0.25, -0.2) is 5.43 Å². The third-order valence-electron chi connectivity index (χ3n) is 3.76. The van der Waals surface area contributed by atoms with E-state index in [9.17, 15) is 4.79 Å². The minimum Gasteiger partial charge on any atom is -0.272 e. The van der Waals surface area contributed by atoms with Gasteiger partial charge in [-0.15, -0.1) is 11.8 Å². The van der Waals surface area contributed by atoms with Gasteiger partial charge in [-0.2, -0.15) is 5.10 Å². The van der Waals surface area contributed by atoms with E-state index >= 15 is 0 Å². The van der Waals surface area contributed by atoms with Crippen LogP contribution < -0.4 is 5.43 Å². The Morgan fingerprint density at radius 2 is 1.88 bits per heavy atom. The molecule has 126 valence electrons. The molecular formula is C20H24N2OS. The highest BCUT2D eigenvalue weighted by Gasteiger charge is 2.02. The number of hydrogen-bond donors (Lipinski definition) is 1. The Hall–Kier alpha value is -2.07. The van der Waals surface area contributed by atoms with E-state index in [1.54, 1.807) is 18.0 Å². The lowest BCUT2D eigenvalue weighted by Crippen LogP contribution is -2.19. The van der Waals surface area contributed by atoms with Crippen LogP contribution in [-0.4, -0.2) is 17.9 Å². The molecule has 0 unspecified atom stereocenters. The van der Waals surface area contributed by atoms with E-state index in [1.165, 1.54) is 16.7 Å². The Labute approximate surface area is 148 Å². The van der Waals surface area contributed by atoms with Crippen molar-refractivity contribution < 1.29 is 4.79 Å². The molecule has 1 N–H and O–H groups in total. The van der Waals surface area contributed by atoms with E-state index < -0.39 is 0 Å². The lowest BCUT2D eigenvalue weighted by molar-refractivity contribution is -0.118. The average molecular weight is 340 g/mol. The first kappa shape index (κ1) is 18.3. The number of hydrogen-bond acceptors (Lipinski definition) is 3. The van der Waals surface area contributed by atoms with Gasteiger partial charge in [0.1, 0.15) is 0 Å². The fourth-order valence-corrected chi connectivity index (χ4v) is 3.10. The summed E-state index contributed by atoms with van der Waals surface area (Å²) in [5, 5.41) is 4.02. The lowest BCUT2D eigenvalue weighted by Gasteiger charge is -2.05. The zero-order valence-corrected chi connectivity index (χ0v) is 15.3. The first-order valence-electron chi connectivity index (χ1n) is 8.10. The van der Waals surface area contributed by atoms with Gasteiger partial charge >= 0.3 is 0 Å². The Morgan fingerprint density at radius 1 is 1.17 bits per heavy atom. The summed E-state index contributed by atoms with van der Waals surface area (Å²) in [7, 11) is 0. The van der Waals surface area contributed by atoms with Crippen molar-refractivity contribution in [3.05, 3.63) is 70.8 Å². The first-order valence-corrected chi connectivity index (χ1v) is 9.26. The standard InChI is InChI=1S/C20H24N2OS/c1-15(2)18-10-8-17(9-11-18)12-21-22-20(23)14-24-13-19-7-5-4-6-16(19)3/h4-12,15H,13-14H2,1-3H3,(H,22,23)/b21-12-. The van der Waals surface area contributed by atoms with Crippen LogP contribution in [0.4, 0.5) is 0 Å². The minimum absolute atomic E-state index is 0.0800. The van der Waals surface area contributed by atoms with E-state index in [4.69, 9.17) is 0 Å². The Balaban J connectivity index is 1.73. The summed E-state index contributed by atoms with van der Waals surface area (Å²) in [6.45, 7) is 6.42. The second-order valence-electron chi connectivity index (χ2n) is 6.03. The van der Waals surface area contributed by atoms with Gasteiger partial charge < -0.3 is 0 Å². The smallest absolute Gasteiger partial charge is 0.250 e. The molecule has 0 aliphatic carbocycles. The molecule has 0 aromatic heterocycles. The van der Waals surface area contributed by atoms with Crippen LogP contribution in [0.2, 0.25) is 0 Å². The maximum absolute atomic E-state index is 11.8. The number of thioether (sulfide) groups is 1. The van der Waals surface area contributed by atoms with Gasteiger partial charge in [0.25, 0.3) is 0 Å². The fraction of sp³-hybridized carbons (Fsp3) is 0.300. The maximum Gasteiger partial charge on any atom is 0.250 e. The third-order valence-corrected chi connectivity index (χ3v) is 4.74. The van der Waals surface area contributed by atoms with Crippen molar-refractivity contribution in [3.8, 4) is 0 Å². The van der Waals surface area contributed by atoms with Crippen LogP contribution in [0, 0.1) is 6.92 Å². The van der Waals surface area contributed by atoms with Crippen LogP contribution in [0.15, 0.2) is 53.6 Å². The van der Waals surface area contributed by atoms with Crippen molar-refractivity contribution in [2.24, 2.45) is 5.10 Å². The van der Waals surface area contributed by atoms with Gasteiger partial charge in [-0.1, -0.05) is 62.4 Å². The molecule has 2 aromatic carbocycles. The van der Waals surface area contributed by atoms with Gasteiger partial charge in [-0.05, 0) is 35.1 Å². The molecule has 2 rings (SSSR count). The first-order chi connectivity index (χ1) is 11.6. The predicted octanol–water partition coefficient (Wildman–Crippen LogP) is 4.50. The number of hydrazone groups is 1. The average Bonchev–Trinajstić information content (AvgIpc) is 2.57. The Kier molecular flexibility index (Phi) is 7.07. The second-order valence-corrected chi connectivity index (χ2v) is 7.02. The summed E-state index contributed by atoms with van der Waals surface area (Å²) in [6.07, 6.45) is 1.67. The van der Waals surface area contributed by atoms with E-state index in [0.29, 0.717) is 11.7 Å². The molecule has 0 fully saturated rings. The zero-order chi connectivity index (χ0) is 17.4. The van der Waals surface area contributed by atoms with Crippen molar-refractivity contribution in [3.63, 3.8) is 0 Å². The summed E-state index contributed by atoms with van der Waals surface area (Å²) in [5.74, 6) is 1.67. The zero-order valence-electron chi connectivity index (χ0n) is 14.5.